The number of nitrogens with one attached hydrogen (secondary N) is 1. The molecule has 6 nitrogen and oxygen atoms in total. The number of sulfonamides is 1. The molecule has 0 radical (unpaired) electrons. The van der Waals surface area contributed by atoms with Gasteiger partial charge in [0.25, 0.3) is 10.0 Å². The van der Waals surface area contributed by atoms with Gasteiger partial charge in [0.1, 0.15) is 11.4 Å². The first kappa shape index (κ1) is 14.0. The summed E-state index contributed by atoms with van der Waals surface area (Å²) < 4.78 is 31.4. The smallest absolute Gasteiger partial charge is 0.252 e. The molecular formula is C12H19N3O3S. The van der Waals surface area contributed by atoms with Gasteiger partial charge in [-0.1, -0.05) is 26.8 Å². The van der Waals surface area contributed by atoms with Gasteiger partial charge >= 0.3 is 0 Å². The van der Waals surface area contributed by atoms with Gasteiger partial charge in [0.2, 0.25) is 0 Å². The summed E-state index contributed by atoms with van der Waals surface area (Å²) in [5, 5.41) is 1.19. The average molecular weight is 285 g/mol. The van der Waals surface area contributed by atoms with Crippen LogP contribution in [0.25, 0.3) is 0 Å². The lowest BCUT2D eigenvalue weighted by atomic mass is 9.99. The van der Waals surface area contributed by atoms with Crippen LogP contribution in [0.15, 0.2) is 18.2 Å². The largest absolute Gasteiger partial charge is 0.491 e. The molecule has 1 heterocycles. The summed E-state index contributed by atoms with van der Waals surface area (Å²) in [5.74, 6) is 6.10. The molecule has 0 aromatic heterocycles. The third-order valence-corrected chi connectivity index (χ3v) is 3.67. The van der Waals surface area contributed by atoms with Crippen LogP contribution in [0.1, 0.15) is 20.8 Å². The zero-order valence-electron chi connectivity index (χ0n) is 11.3. The maximum atomic E-state index is 11.6. The molecular weight excluding hydrogens is 266 g/mol. The summed E-state index contributed by atoms with van der Waals surface area (Å²) in [7, 11) is -3.41. The number of nitrogens with zero attached hydrogens (tertiary/aromatic N) is 1. The summed E-state index contributed by atoms with van der Waals surface area (Å²) in [6.45, 7) is 6.70. The third-order valence-electron chi connectivity index (χ3n) is 2.52. The molecule has 1 aromatic rings. The Balaban J connectivity index is 2.33. The van der Waals surface area contributed by atoms with E-state index in [2.05, 4.69) is 25.5 Å². The monoisotopic (exact) mass is 285 g/mol. The molecule has 0 bridgehead atoms. The second kappa shape index (κ2) is 4.57. The first-order valence-corrected chi connectivity index (χ1v) is 7.62. The van der Waals surface area contributed by atoms with E-state index in [4.69, 9.17) is 10.6 Å². The van der Waals surface area contributed by atoms with Crippen LogP contribution in [-0.4, -0.2) is 20.9 Å². The van der Waals surface area contributed by atoms with Gasteiger partial charge in [-0.25, -0.2) is 14.3 Å². The predicted molar refractivity (Wildman–Crippen MR) is 75.5 cm³/mol. The van der Waals surface area contributed by atoms with Gasteiger partial charge in [0.15, 0.2) is 5.88 Å². The Bertz CT molecular complexity index is 578. The molecule has 7 heteroatoms. The highest BCUT2D eigenvalue weighted by molar-refractivity contribution is 7.92. The summed E-state index contributed by atoms with van der Waals surface area (Å²) in [4.78, 5) is 0. The zero-order chi connectivity index (χ0) is 14.3. The van der Waals surface area contributed by atoms with Crippen LogP contribution in [0.2, 0.25) is 0 Å². The minimum Gasteiger partial charge on any atom is -0.491 e. The first-order chi connectivity index (χ1) is 8.68. The van der Waals surface area contributed by atoms with Crippen molar-refractivity contribution >= 4 is 21.4 Å². The minimum atomic E-state index is -3.41. The van der Waals surface area contributed by atoms with Crippen molar-refractivity contribution in [2.45, 2.75) is 20.8 Å². The first-order valence-electron chi connectivity index (χ1n) is 5.96. The highest BCUT2D eigenvalue weighted by atomic mass is 32.2. The average Bonchev–Trinajstić information content (AvgIpc) is 2.22. The Labute approximate surface area is 113 Å². The van der Waals surface area contributed by atoms with E-state index in [1.54, 1.807) is 18.2 Å². The number of para-hydroxylation sites is 1. The van der Waals surface area contributed by atoms with Gasteiger partial charge in [0, 0.05) is 0 Å². The molecule has 0 saturated carbocycles. The van der Waals surface area contributed by atoms with Gasteiger partial charge < -0.3 is 4.74 Å². The number of hydrazine groups is 1. The van der Waals surface area contributed by atoms with E-state index in [0.29, 0.717) is 23.7 Å². The van der Waals surface area contributed by atoms with Crippen LogP contribution >= 0.6 is 0 Å². The number of anilines is 2. The molecule has 0 atom stereocenters. The molecule has 0 saturated heterocycles. The molecule has 1 aromatic carbocycles. The molecule has 1 aliphatic heterocycles. The fourth-order valence-electron chi connectivity index (χ4n) is 1.76. The second-order valence-electron chi connectivity index (χ2n) is 5.82. The molecule has 2 rings (SSSR count). The predicted octanol–water partition coefficient (Wildman–Crippen LogP) is 1.50. The van der Waals surface area contributed by atoms with Crippen LogP contribution in [0, 0.1) is 5.41 Å². The number of nitrogens with two attached hydrogens (primary N) is 1. The van der Waals surface area contributed by atoms with Crippen LogP contribution in [-0.2, 0) is 10.0 Å². The standard InChI is InChI=1S/C12H19N3O3S/c1-12(2,3)7-18-10-6-4-5-9-11(10)15(13)8-19(16,17)14-9/h4-6,14H,7-8,13H2,1-3H3. The zero-order valence-corrected chi connectivity index (χ0v) is 12.1. The van der Waals surface area contributed by atoms with E-state index < -0.39 is 10.0 Å². The lowest BCUT2D eigenvalue weighted by Gasteiger charge is -2.30. The molecule has 0 fully saturated rings. The summed E-state index contributed by atoms with van der Waals surface area (Å²) in [5.41, 5.74) is 1.03. The van der Waals surface area contributed by atoms with E-state index in [1.807, 2.05) is 0 Å². The SMILES string of the molecule is CC(C)(C)COc1cccc2c1N(N)CS(=O)(=O)N2. The quantitative estimate of drug-likeness (QED) is 0.804. The van der Waals surface area contributed by atoms with Crippen molar-refractivity contribution in [2.24, 2.45) is 11.3 Å². The van der Waals surface area contributed by atoms with Gasteiger partial charge in [-0.15, -0.1) is 0 Å². The highest BCUT2D eigenvalue weighted by Crippen LogP contribution is 2.38. The Hall–Kier alpha value is -1.47. The van der Waals surface area contributed by atoms with Crippen molar-refractivity contribution in [1.82, 2.24) is 0 Å². The van der Waals surface area contributed by atoms with E-state index in [9.17, 15) is 8.42 Å². The lowest BCUT2D eigenvalue weighted by Crippen LogP contribution is -2.42. The van der Waals surface area contributed by atoms with Crippen molar-refractivity contribution < 1.29 is 13.2 Å². The van der Waals surface area contributed by atoms with Gasteiger partial charge in [-0.05, 0) is 17.5 Å². The molecule has 0 unspecified atom stereocenters. The Morgan fingerprint density at radius 1 is 1.42 bits per heavy atom. The van der Waals surface area contributed by atoms with Crippen molar-refractivity contribution in [3.63, 3.8) is 0 Å². The normalized spacial score (nSPS) is 17.6. The Kier molecular flexibility index (Phi) is 3.36. The number of benzene rings is 1. The number of hydrogen-bond donors (Lipinski definition) is 2. The lowest BCUT2D eigenvalue weighted by molar-refractivity contribution is 0.198. The molecule has 1 aliphatic rings. The Morgan fingerprint density at radius 2 is 2.11 bits per heavy atom. The maximum Gasteiger partial charge on any atom is 0.252 e. The minimum absolute atomic E-state index is 0.0102. The van der Waals surface area contributed by atoms with Gasteiger partial charge in [0.05, 0.1) is 12.3 Å². The van der Waals surface area contributed by atoms with E-state index in [1.165, 1.54) is 5.01 Å². The van der Waals surface area contributed by atoms with E-state index in [0.717, 1.165) is 0 Å². The molecule has 0 aliphatic carbocycles. The van der Waals surface area contributed by atoms with Crippen molar-refractivity contribution in [1.29, 1.82) is 0 Å². The van der Waals surface area contributed by atoms with E-state index in [-0.39, 0.29) is 11.3 Å². The van der Waals surface area contributed by atoms with Gasteiger partial charge in [-0.2, -0.15) is 0 Å². The summed E-state index contributed by atoms with van der Waals surface area (Å²) in [6, 6.07) is 5.18. The second-order valence-corrected chi connectivity index (χ2v) is 7.51. The molecule has 0 amide bonds. The maximum absolute atomic E-state index is 11.6. The summed E-state index contributed by atoms with van der Waals surface area (Å²) in [6.07, 6.45) is 0. The Morgan fingerprint density at radius 3 is 2.74 bits per heavy atom. The van der Waals surface area contributed by atoms with Crippen LogP contribution < -0.4 is 20.3 Å². The molecule has 3 N–H and O–H groups in total. The molecule has 0 spiro atoms. The summed E-state index contributed by atoms with van der Waals surface area (Å²) >= 11 is 0. The number of rotatable bonds is 2. The van der Waals surface area contributed by atoms with Crippen molar-refractivity contribution in [3.05, 3.63) is 18.2 Å². The molecule has 19 heavy (non-hydrogen) atoms. The van der Waals surface area contributed by atoms with E-state index >= 15 is 0 Å². The number of fused-ring (bicyclic) bond motifs is 1. The fourth-order valence-corrected chi connectivity index (χ4v) is 2.82. The highest BCUT2D eigenvalue weighted by Gasteiger charge is 2.28. The third kappa shape index (κ3) is 3.30. The number of ether oxygens (including phenoxy) is 1. The van der Waals surface area contributed by atoms with Crippen LogP contribution in [0.4, 0.5) is 11.4 Å². The van der Waals surface area contributed by atoms with Gasteiger partial charge in [-0.3, -0.25) is 9.73 Å². The van der Waals surface area contributed by atoms with Crippen LogP contribution in [0.5, 0.6) is 5.75 Å². The van der Waals surface area contributed by atoms with Crippen LogP contribution in [0.3, 0.4) is 0 Å². The fraction of sp³-hybridized carbons (Fsp3) is 0.500. The topological polar surface area (TPSA) is 84.7 Å². The number of hydrogen-bond acceptors (Lipinski definition) is 5. The van der Waals surface area contributed by atoms with Crippen molar-refractivity contribution in [2.75, 3.05) is 22.2 Å². The molecule has 106 valence electrons. The van der Waals surface area contributed by atoms with Crippen molar-refractivity contribution in [3.8, 4) is 5.75 Å².